The standard InChI is InChI=1S/C15H23BrN2/c1-11-8-13(6-7-14(11)16)15(9-17)18(2)10-12-4-3-5-12/h6-8,12,15H,3-5,9-10,17H2,1-2H3. The van der Waals surface area contributed by atoms with Crippen LogP contribution in [0.4, 0.5) is 0 Å². The minimum Gasteiger partial charge on any atom is -0.329 e. The lowest BCUT2D eigenvalue weighted by atomic mass is 9.84. The molecule has 2 N–H and O–H groups in total. The van der Waals surface area contributed by atoms with Crippen LogP contribution in [-0.2, 0) is 0 Å². The van der Waals surface area contributed by atoms with Crippen LogP contribution in [-0.4, -0.2) is 25.0 Å². The van der Waals surface area contributed by atoms with Crippen molar-refractivity contribution in [3.05, 3.63) is 33.8 Å². The second-order valence-electron chi connectivity index (χ2n) is 5.50. The summed E-state index contributed by atoms with van der Waals surface area (Å²) in [5, 5.41) is 0. The van der Waals surface area contributed by atoms with Gasteiger partial charge in [-0.15, -0.1) is 0 Å². The molecule has 18 heavy (non-hydrogen) atoms. The maximum Gasteiger partial charge on any atom is 0.0467 e. The Balaban J connectivity index is 2.08. The molecule has 0 radical (unpaired) electrons. The highest BCUT2D eigenvalue weighted by atomic mass is 79.9. The summed E-state index contributed by atoms with van der Waals surface area (Å²) < 4.78 is 1.17. The number of rotatable bonds is 5. The van der Waals surface area contributed by atoms with E-state index in [2.05, 4.69) is 53.0 Å². The number of nitrogens with two attached hydrogens (primary N) is 1. The first-order chi connectivity index (χ1) is 8.61. The molecule has 1 unspecified atom stereocenters. The summed E-state index contributed by atoms with van der Waals surface area (Å²) in [6, 6.07) is 6.91. The van der Waals surface area contributed by atoms with Crippen LogP contribution in [0.15, 0.2) is 22.7 Å². The van der Waals surface area contributed by atoms with E-state index in [4.69, 9.17) is 5.73 Å². The van der Waals surface area contributed by atoms with Gasteiger partial charge in [-0.2, -0.15) is 0 Å². The van der Waals surface area contributed by atoms with Gasteiger partial charge in [0.25, 0.3) is 0 Å². The van der Waals surface area contributed by atoms with Crippen molar-refractivity contribution in [1.29, 1.82) is 0 Å². The molecule has 0 aromatic heterocycles. The monoisotopic (exact) mass is 310 g/mol. The smallest absolute Gasteiger partial charge is 0.0467 e. The molecule has 1 saturated carbocycles. The Morgan fingerprint density at radius 1 is 1.44 bits per heavy atom. The van der Waals surface area contributed by atoms with E-state index in [0.717, 1.165) is 5.92 Å². The zero-order chi connectivity index (χ0) is 13.1. The van der Waals surface area contributed by atoms with Gasteiger partial charge in [0.2, 0.25) is 0 Å². The molecular weight excluding hydrogens is 288 g/mol. The summed E-state index contributed by atoms with van der Waals surface area (Å²) in [5.74, 6) is 0.889. The zero-order valence-electron chi connectivity index (χ0n) is 11.3. The quantitative estimate of drug-likeness (QED) is 0.902. The lowest BCUT2D eigenvalue weighted by molar-refractivity contribution is 0.165. The average Bonchev–Trinajstić information content (AvgIpc) is 2.29. The SMILES string of the molecule is Cc1cc(C(CN)N(C)CC2CCC2)ccc1Br. The Morgan fingerprint density at radius 2 is 2.17 bits per heavy atom. The number of halogens is 1. The summed E-state index contributed by atoms with van der Waals surface area (Å²) in [4.78, 5) is 2.42. The number of benzene rings is 1. The fourth-order valence-electron chi connectivity index (χ4n) is 2.66. The average molecular weight is 311 g/mol. The highest BCUT2D eigenvalue weighted by Crippen LogP contribution is 2.30. The Labute approximate surface area is 119 Å². The molecule has 100 valence electrons. The van der Waals surface area contributed by atoms with Crippen LogP contribution in [0, 0.1) is 12.8 Å². The van der Waals surface area contributed by atoms with Crippen molar-refractivity contribution in [3.63, 3.8) is 0 Å². The van der Waals surface area contributed by atoms with E-state index in [1.807, 2.05) is 0 Å². The first-order valence-corrected chi connectivity index (χ1v) is 7.57. The third-order valence-electron chi connectivity index (χ3n) is 4.09. The molecule has 1 aliphatic rings. The molecule has 1 fully saturated rings. The number of nitrogens with zero attached hydrogens (tertiary/aromatic N) is 1. The maximum atomic E-state index is 5.98. The van der Waals surface area contributed by atoms with Gasteiger partial charge in [-0.25, -0.2) is 0 Å². The third-order valence-corrected chi connectivity index (χ3v) is 4.98. The van der Waals surface area contributed by atoms with E-state index in [0.29, 0.717) is 12.6 Å². The molecule has 2 rings (SSSR count). The Morgan fingerprint density at radius 3 is 2.67 bits per heavy atom. The molecule has 3 heteroatoms. The largest absolute Gasteiger partial charge is 0.329 e. The van der Waals surface area contributed by atoms with Crippen molar-refractivity contribution in [1.82, 2.24) is 4.90 Å². The van der Waals surface area contributed by atoms with Crippen LogP contribution in [0.1, 0.15) is 36.4 Å². The van der Waals surface area contributed by atoms with Crippen molar-refractivity contribution in [2.75, 3.05) is 20.1 Å². The minimum absolute atomic E-state index is 0.345. The van der Waals surface area contributed by atoms with E-state index >= 15 is 0 Å². The number of aryl methyl sites for hydroxylation is 1. The van der Waals surface area contributed by atoms with Gasteiger partial charge in [-0.05, 0) is 49.9 Å². The van der Waals surface area contributed by atoms with Crippen molar-refractivity contribution >= 4 is 15.9 Å². The second-order valence-corrected chi connectivity index (χ2v) is 6.35. The summed E-state index contributed by atoms with van der Waals surface area (Å²) in [6.07, 6.45) is 4.19. The van der Waals surface area contributed by atoms with E-state index in [9.17, 15) is 0 Å². The lowest BCUT2D eigenvalue weighted by Crippen LogP contribution is -2.36. The van der Waals surface area contributed by atoms with Gasteiger partial charge >= 0.3 is 0 Å². The van der Waals surface area contributed by atoms with Crippen LogP contribution < -0.4 is 5.73 Å². The van der Waals surface area contributed by atoms with Gasteiger partial charge in [-0.3, -0.25) is 4.90 Å². The first-order valence-electron chi connectivity index (χ1n) is 6.78. The topological polar surface area (TPSA) is 29.3 Å². The van der Waals surface area contributed by atoms with Crippen LogP contribution >= 0.6 is 15.9 Å². The normalized spacial score (nSPS) is 17.8. The van der Waals surface area contributed by atoms with Crippen LogP contribution in [0.25, 0.3) is 0 Å². The predicted octanol–water partition coefficient (Wildman–Crippen LogP) is 3.49. The molecule has 0 spiro atoms. The van der Waals surface area contributed by atoms with Crippen molar-refractivity contribution < 1.29 is 0 Å². The van der Waals surface area contributed by atoms with Crippen LogP contribution in [0.5, 0.6) is 0 Å². The number of likely N-dealkylation sites (N-methyl/N-ethyl adjacent to an activating group) is 1. The van der Waals surface area contributed by atoms with Crippen LogP contribution in [0.3, 0.4) is 0 Å². The Hall–Kier alpha value is -0.380. The summed E-state index contributed by atoms with van der Waals surface area (Å²) in [6.45, 7) is 3.99. The van der Waals surface area contributed by atoms with Gasteiger partial charge in [0.1, 0.15) is 0 Å². The molecule has 0 saturated heterocycles. The molecule has 0 bridgehead atoms. The molecule has 2 nitrogen and oxygen atoms in total. The predicted molar refractivity (Wildman–Crippen MR) is 80.6 cm³/mol. The molecule has 1 aliphatic carbocycles. The van der Waals surface area contributed by atoms with Gasteiger partial charge in [0.15, 0.2) is 0 Å². The zero-order valence-corrected chi connectivity index (χ0v) is 12.9. The fourth-order valence-corrected chi connectivity index (χ4v) is 2.90. The molecule has 1 aromatic carbocycles. The molecule has 0 heterocycles. The molecule has 0 amide bonds. The highest BCUT2D eigenvalue weighted by Gasteiger charge is 2.23. The van der Waals surface area contributed by atoms with E-state index in [1.165, 1.54) is 41.4 Å². The van der Waals surface area contributed by atoms with Crippen molar-refractivity contribution in [2.45, 2.75) is 32.2 Å². The number of hydrogen-bond acceptors (Lipinski definition) is 2. The summed E-state index contributed by atoms with van der Waals surface area (Å²) >= 11 is 3.55. The van der Waals surface area contributed by atoms with Gasteiger partial charge in [-0.1, -0.05) is 34.5 Å². The van der Waals surface area contributed by atoms with E-state index < -0.39 is 0 Å². The summed E-state index contributed by atoms with van der Waals surface area (Å²) in [7, 11) is 2.20. The highest BCUT2D eigenvalue weighted by molar-refractivity contribution is 9.10. The Bertz CT molecular complexity index is 401. The third kappa shape index (κ3) is 3.14. The van der Waals surface area contributed by atoms with E-state index in [1.54, 1.807) is 0 Å². The van der Waals surface area contributed by atoms with Gasteiger partial charge < -0.3 is 5.73 Å². The van der Waals surface area contributed by atoms with Crippen molar-refractivity contribution in [3.8, 4) is 0 Å². The van der Waals surface area contributed by atoms with Gasteiger partial charge in [0, 0.05) is 23.6 Å². The van der Waals surface area contributed by atoms with E-state index in [-0.39, 0.29) is 0 Å². The molecular formula is C15H23BrN2. The molecule has 0 aliphatic heterocycles. The molecule has 1 atom stereocenters. The van der Waals surface area contributed by atoms with Gasteiger partial charge in [0.05, 0.1) is 0 Å². The van der Waals surface area contributed by atoms with Crippen LogP contribution in [0.2, 0.25) is 0 Å². The molecule has 1 aromatic rings. The second kappa shape index (κ2) is 6.18. The lowest BCUT2D eigenvalue weighted by Gasteiger charge is -2.34. The first kappa shape index (κ1) is 14.0. The number of hydrogen-bond donors (Lipinski definition) is 1. The minimum atomic E-state index is 0.345. The van der Waals surface area contributed by atoms with Crippen molar-refractivity contribution in [2.24, 2.45) is 11.7 Å². The maximum absolute atomic E-state index is 5.98. The summed E-state index contributed by atoms with van der Waals surface area (Å²) in [5.41, 5.74) is 8.59. The fraction of sp³-hybridized carbons (Fsp3) is 0.600. The Kier molecular flexibility index (Phi) is 4.82.